The highest BCUT2D eigenvalue weighted by Gasteiger charge is 2.27. The van der Waals surface area contributed by atoms with E-state index in [0.717, 1.165) is 18.4 Å². The Morgan fingerprint density at radius 1 is 1.45 bits per heavy atom. The Hall–Kier alpha value is -2.05. The lowest BCUT2D eigenvalue weighted by Crippen LogP contribution is -2.44. The smallest absolute Gasteiger partial charge is 0.317 e. The molecule has 7 nitrogen and oxygen atoms in total. The average Bonchev–Trinajstić information content (AvgIpc) is 2.92. The summed E-state index contributed by atoms with van der Waals surface area (Å²) in [6, 6.07) is -0.0603. The fourth-order valence-corrected chi connectivity index (χ4v) is 2.48. The van der Waals surface area contributed by atoms with Gasteiger partial charge < -0.3 is 15.3 Å². The van der Waals surface area contributed by atoms with Crippen LogP contribution in [0.4, 0.5) is 4.79 Å². The van der Waals surface area contributed by atoms with E-state index in [9.17, 15) is 9.59 Å². The second-order valence-corrected chi connectivity index (χ2v) is 5.30. The first-order valence-electron chi connectivity index (χ1n) is 6.78. The number of H-pyrrole nitrogens is 1. The lowest BCUT2D eigenvalue weighted by Gasteiger charge is -2.28. The number of nitrogens with zero attached hydrogens (tertiary/aromatic N) is 2. The molecule has 1 fully saturated rings. The number of hydrogen-bond acceptors (Lipinski definition) is 3. The van der Waals surface area contributed by atoms with Gasteiger partial charge in [-0.15, -0.1) is 0 Å². The maximum Gasteiger partial charge on any atom is 0.317 e. The predicted octanol–water partition coefficient (Wildman–Crippen LogP) is 1.19. The van der Waals surface area contributed by atoms with Gasteiger partial charge >= 0.3 is 12.0 Å². The number of nitrogens with one attached hydrogen (secondary N) is 2. The Balaban J connectivity index is 1.76. The number of carbonyl (C=O) groups excluding carboxylic acids is 1. The van der Waals surface area contributed by atoms with E-state index in [4.69, 9.17) is 5.11 Å². The molecule has 2 rings (SSSR count). The molecular weight excluding hydrogens is 260 g/mol. The van der Waals surface area contributed by atoms with Crippen molar-refractivity contribution in [2.75, 3.05) is 7.05 Å². The van der Waals surface area contributed by atoms with Crippen molar-refractivity contribution in [3.8, 4) is 0 Å². The Labute approximate surface area is 117 Å². The van der Waals surface area contributed by atoms with Crippen LogP contribution in [0.5, 0.6) is 0 Å². The summed E-state index contributed by atoms with van der Waals surface area (Å²) in [4.78, 5) is 24.5. The summed E-state index contributed by atoms with van der Waals surface area (Å²) in [5, 5.41) is 18.4. The van der Waals surface area contributed by atoms with E-state index in [0.29, 0.717) is 19.4 Å². The van der Waals surface area contributed by atoms with Gasteiger partial charge in [-0.1, -0.05) is 0 Å². The maximum absolute atomic E-state index is 12.0. The highest BCUT2D eigenvalue weighted by molar-refractivity contribution is 5.74. The van der Waals surface area contributed by atoms with Crippen LogP contribution in [0, 0.1) is 5.92 Å². The van der Waals surface area contributed by atoms with Gasteiger partial charge in [-0.25, -0.2) is 4.79 Å². The van der Waals surface area contributed by atoms with E-state index in [1.807, 2.05) is 0 Å². The summed E-state index contributed by atoms with van der Waals surface area (Å²) >= 11 is 0. The molecule has 20 heavy (non-hydrogen) atoms. The van der Waals surface area contributed by atoms with Crippen LogP contribution < -0.4 is 5.32 Å². The molecule has 0 unspecified atom stereocenters. The zero-order chi connectivity index (χ0) is 14.5. The van der Waals surface area contributed by atoms with Crippen LogP contribution in [0.1, 0.15) is 31.2 Å². The lowest BCUT2D eigenvalue weighted by molar-refractivity contribution is -0.142. The molecule has 0 radical (unpaired) electrons. The zero-order valence-corrected chi connectivity index (χ0v) is 11.5. The van der Waals surface area contributed by atoms with Crippen molar-refractivity contribution in [1.29, 1.82) is 0 Å². The normalized spacial score (nSPS) is 22.2. The number of urea groups is 1. The van der Waals surface area contributed by atoms with Crippen molar-refractivity contribution in [2.24, 2.45) is 5.92 Å². The van der Waals surface area contributed by atoms with Gasteiger partial charge in [0.25, 0.3) is 0 Å². The summed E-state index contributed by atoms with van der Waals surface area (Å²) in [5.41, 5.74) is 0.942. The van der Waals surface area contributed by atoms with Crippen LogP contribution in [0.25, 0.3) is 0 Å². The van der Waals surface area contributed by atoms with Gasteiger partial charge in [0, 0.05) is 24.8 Å². The van der Waals surface area contributed by atoms with Gasteiger partial charge in [0.15, 0.2) is 0 Å². The van der Waals surface area contributed by atoms with E-state index in [1.54, 1.807) is 24.3 Å². The van der Waals surface area contributed by atoms with E-state index >= 15 is 0 Å². The minimum Gasteiger partial charge on any atom is -0.481 e. The molecule has 1 saturated carbocycles. The number of aromatic amines is 1. The summed E-state index contributed by atoms with van der Waals surface area (Å²) < 4.78 is 0. The van der Waals surface area contributed by atoms with Crippen LogP contribution in [0.2, 0.25) is 0 Å². The third-order valence-electron chi connectivity index (χ3n) is 3.73. The molecule has 0 spiro atoms. The molecule has 0 aliphatic heterocycles. The molecule has 0 saturated heterocycles. The topological polar surface area (TPSA) is 98.3 Å². The molecule has 1 aliphatic carbocycles. The van der Waals surface area contributed by atoms with E-state index in [1.165, 1.54) is 0 Å². The molecule has 1 aromatic rings. The Bertz CT molecular complexity index is 452. The highest BCUT2D eigenvalue weighted by Crippen LogP contribution is 2.24. The Morgan fingerprint density at radius 2 is 2.15 bits per heavy atom. The number of carbonyl (C=O) groups is 2. The molecule has 1 aromatic heterocycles. The molecule has 1 heterocycles. The quantitative estimate of drug-likeness (QED) is 0.771. The van der Waals surface area contributed by atoms with E-state index in [-0.39, 0.29) is 18.0 Å². The fourth-order valence-electron chi connectivity index (χ4n) is 2.48. The standard InChI is InChI=1S/C13H20N4O3/c1-17(8-9-6-14-15-7-9)13(20)16-11-4-2-10(3-5-11)12(18)19/h6-7,10-11H,2-5,8H2,1H3,(H,14,15)(H,16,20)(H,18,19). The number of aliphatic carboxylic acids is 1. The minimum atomic E-state index is -0.730. The molecule has 0 aromatic carbocycles. The van der Waals surface area contributed by atoms with Gasteiger partial charge in [-0.3, -0.25) is 9.89 Å². The van der Waals surface area contributed by atoms with E-state index < -0.39 is 5.97 Å². The first-order valence-corrected chi connectivity index (χ1v) is 6.78. The number of carboxylic acid groups (broad SMARTS) is 1. The first kappa shape index (κ1) is 14.4. The Kier molecular flexibility index (Phi) is 4.60. The van der Waals surface area contributed by atoms with Crippen LogP contribution in [0.15, 0.2) is 12.4 Å². The predicted molar refractivity (Wildman–Crippen MR) is 72.0 cm³/mol. The molecule has 0 atom stereocenters. The molecule has 3 N–H and O–H groups in total. The van der Waals surface area contributed by atoms with Gasteiger partial charge in [0.2, 0.25) is 0 Å². The molecule has 1 aliphatic rings. The summed E-state index contributed by atoms with van der Waals surface area (Å²) in [6.07, 6.45) is 6.14. The van der Waals surface area contributed by atoms with Crippen molar-refractivity contribution >= 4 is 12.0 Å². The number of carboxylic acids is 1. The third kappa shape index (κ3) is 3.72. The van der Waals surface area contributed by atoms with E-state index in [2.05, 4.69) is 15.5 Å². The van der Waals surface area contributed by atoms with Crippen LogP contribution in [-0.4, -0.2) is 45.3 Å². The minimum absolute atomic E-state index is 0.0740. The SMILES string of the molecule is CN(Cc1cn[nH]c1)C(=O)NC1CCC(C(=O)O)CC1. The van der Waals surface area contributed by atoms with Crippen molar-refractivity contribution in [3.63, 3.8) is 0 Å². The number of rotatable bonds is 4. The van der Waals surface area contributed by atoms with Gasteiger partial charge in [0.1, 0.15) is 0 Å². The van der Waals surface area contributed by atoms with Crippen LogP contribution in [-0.2, 0) is 11.3 Å². The molecular formula is C13H20N4O3. The zero-order valence-electron chi connectivity index (χ0n) is 11.5. The largest absolute Gasteiger partial charge is 0.481 e. The molecule has 2 amide bonds. The maximum atomic E-state index is 12.0. The van der Waals surface area contributed by atoms with Crippen molar-refractivity contribution in [1.82, 2.24) is 20.4 Å². The first-order chi connectivity index (χ1) is 9.56. The lowest BCUT2D eigenvalue weighted by atomic mass is 9.86. The molecule has 0 bridgehead atoms. The number of amides is 2. The monoisotopic (exact) mass is 280 g/mol. The van der Waals surface area contributed by atoms with Crippen molar-refractivity contribution in [2.45, 2.75) is 38.3 Å². The Morgan fingerprint density at radius 3 is 2.70 bits per heavy atom. The fraction of sp³-hybridized carbons (Fsp3) is 0.615. The summed E-state index contributed by atoms with van der Waals surface area (Å²) in [6.45, 7) is 0.493. The van der Waals surface area contributed by atoms with Gasteiger partial charge in [-0.2, -0.15) is 5.10 Å². The number of aromatic nitrogens is 2. The van der Waals surface area contributed by atoms with Crippen LogP contribution in [0.3, 0.4) is 0 Å². The number of hydrogen-bond donors (Lipinski definition) is 3. The van der Waals surface area contributed by atoms with Gasteiger partial charge in [-0.05, 0) is 25.7 Å². The highest BCUT2D eigenvalue weighted by atomic mass is 16.4. The second-order valence-electron chi connectivity index (χ2n) is 5.30. The summed E-state index contributed by atoms with van der Waals surface area (Å²) in [5.74, 6) is -0.987. The summed E-state index contributed by atoms with van der Waals surface area (Å²) in [7, 11) is 1.73. The average molecular weight is 280 g/mol. The van der Waals surface area contributed by atoms with Crippen molar-refractivity contribution < 1.29 is 14.7 Å². The third-order valence-corrected chi connectivity index (χ3v) is 3.73. The van der Waals surface area contributed by atoms with Gasteiger partial charge in [0.05, 0.1) is 18.7 Å². The van der Waals surface area contributed by atoms with Crippen LogP contribution >= 0.6 is 0 Å². The second kappa shape index (κ2) is 6.40. The molecule has 110 valence electrons. The van der Waals surface area contributed by atoms with Crippen molar-refractivity contribution in [3.05, 3.63) is 18.0 Å². The molecule has 7 heteroatoms.